The summed E-state index contributed by atoms with van der Waals surface area (Å²) in [6.45, 7) is 3.62. The van der Waals surface area contributed by atoms with E-state index in [1.165, 1.54) is 6.21 Å². The van der Waals surface area contributed by atoms with Crippen molar-refractivity contribution in [2.75, 3.05) is 0 Å². The topological polar surface area (TPSA) is 23.9 Å². The third kappa shape index (κ3) is 10.9. The Morgan fingerprint density at radius 2 is 2.14 bits per heavy atom. The Balaban J connectivity index is 0. The molecule has 40 valence electrons. The van der Waals surface area contributed by atoms with Crippen LogP contribution >= 0.6 is 0 Å². The number of unbranched alkanes of at least 4 members (excludes halogenated alkanes) is 2. The predicted molar refractivity (Wildman–Crippen MR) is 28.0 cm³/mol. The van der Waals surface area contributed by atoms with Crippen LogP contribution in [-0.4, -0.2) is 6.21 Å². The second kappa shape index (κ2) is 10.1. The van der Waals surface area contributed by atoms with Gasteiger partial charge in [0.1, 0.15) is 0 Å². The van der Waals surface area contributed by atoms with Crippen LogP contribution in [0.2, 0.25) is 0 Å². The predicted octanol–water partition coefficient (Wildman–Crippen LogP) is 1.64. The summed E-state index contributed by atoms with van der Waals surface area (Å²) >= 11 is 0. The van der Waals surface area contributed by atoms with Crippen LogP contribution in [-0.2, 0) is 0 Å². The van der Waals surface area contributed by atoms with Crippen molar-refractivity contribution in [1.29, 1.82) is 5.41 Å². The molecule has 0 amide bonds. The average molecular weight is 316 g/mol. The summed E-state index contributed by atoms with van der Waals surface area (Å²) < 4.78 is 0. The van der Waals surface area contributed by atoms with Crippen LogP contribution in [0.15, 0.2) is 0 Å². The van der Waals surface area contributed by atoms with Gasteiger partial charge in [-0.3, -0.25) is 0 Å². The molecular formula is C5H10NTh-. The van der Waals surface area contributed by atoms with E-state index >= 15 is 0 Å². The van der Waals surface area contributed by atoms with Crippen LogP contribution < -0.4 is 0 Å². The van der Waals surface area contributed by atoms with Gasteiger partial charge in [-0.2, -0.15) is 6.42 Å². The Hall–Kier alpha value is 0.995. The minimum Gasteiger partial charge on any atom is -0.343 e. The Labute approximate surface area is 77.1 Å². The molecule has 0 unspecified atom stereocenters. The van der Waals surface area contributed by atoms with E-state index in [9.17, 15) is 0 Å². The molecule has 0 aliphatic heterocycles. The second-order valence-electron chi connectivity index (χ2n) is 1.20. The standard InChI is InChI=1S/C5H10N.Th/c1-2-3-4-5-6;/h5-6H,1-4H2;/q-1;. The fourth-order valence-electron chi connectivity index (χ4n) is 0.246. The summed E-state index contributed by atoms with van der Waals surface area (Å²) in [4.78, 5) is 0. The molecule has 0 aromatic heterocycles. The van der Waals surface area contributed by atoms with E-state index in [1.807, 2.05) is 0 Å². The first-order chi connectivity index (χ1) is 2.91. The molecule has 0 bridgehead atoms. The van der Waals surface area contributed by atoms with Crippen LogP contribution in [0.25, 0.3) is 0 Å². The van der Waals surface area contributed by atoms with Crippen molar-refractivity contribution in [2.24, 2.45) is 0 Å². The molecule has 0 rings (SSSR count). The summed E-state index contributed by atoms with van der Waals surface area (Å²) in [5.74, 6) is 0. The average Bonchev–Trinajstić information content (AvgIpc) is 1.61. The maximum absolute atomic E-state index is 6.55. The molecule has 0 aromatic rings. The van der Waals surface area contributed by atoms with Crippen LogP contribution in [0.1, 0.15) is 19.3 Å². The van der Waals surface area contributed by atoms with Crippen molar-refractivity contribution >= 4 is 6.21 Å². The van der Waals surface area contributed by atoms with E-state index in [-0.39, 0.29) is 39.9 Å². The van der Waals surface area contributed by atoms with Crippen molar-refractivity contribution < 1.29 is 39.9 Å². The van der Waals surface area contributed by atoms with Gasteiger partial charge in [0.05, 0.1) is 0 Å². The van der Waals surface area contributed by atoms with Gasteiger partial charge in [-0.25, -0.2) is 0 Å². The van der Waals surface area contributed by atoms with Crippen molar-refractivity contribution in [3.8, 4) is 0 Å². The van der Waals surface area contributed by atoms with Crippen molar-refractivity contribution in [3.05, 3.63) is 6.92 Å². The van der Waals surface area contributed by atoms with Gasteiger partial charge < -0.3 is 12.3 Å². The first-order valence-electron chi connectivity index (χ1n) is 2.20. The van der Waals surface area contributed by atoms with Gasteiger partial charge in [-0.05, 0) is 12.6 Å². The molecule has 0 radical (unpaired) electrons. The third-order valence-electron chi connectivity index (χ3n) is 0.598. The molecule has 0 fully saturated rings. The normalized spacial score (nSPS) is 7.00. The van der Waals surface area contributed by atoms with E-state index in [4.69, 9.17) is 5.41 Å². The summed E-state index contributed by atoms with van der Waals surface area (Å²) in [5, 5.41) is 6.55. The Bertz CT molecular complexity index is 37.1. The van der Waals surface area contributed by atoms with Crippen LogP contribution in [0.4, 0.5) is 0 Å². The minimum absolute atomic E-state index is 0. The Kier molecular flexibility index (Phi) is 15.7. The fraction of sp³-hybridized carbons (Fsp3) is 0.600. The Morgan fingerprint density at radius 3 is 2.29 bits per heavy atom. The van der Waals surface area contributed by atoms with Crippen LogP contribution in [0.5, 0.6) is 0 Å². The Morgan fingerprint density at radius 1 is 1.57 bits per heavy atom. The molecule has 1 nitrogen and oxygen atoms in total. The molecule has 0 aliphatic carbocycles. The second-order valence-corrected chi connectivity index (χ2v) is 1.20. The quantitative estimate of drug-likeness (QED) is 0.465. The zero-order chi connectivity index (χ0) is 4.83. The van der Waals surface area contributed by atoms with Gasteiger partial charge in [0, 0.05) is 39.9 Å². The summed E-state index contributed by atoms with van der Waals surface area (Å²) in [6.07, 6.45) is 4.33. The molecule has 2 heteroatoms. The molecule has 7 heavy (non-hydrogen) atoms. The van der Waals surface area contributed by atoms with Gasteiger partial charge >= 0.3 is 0 Å². The molecule has 0 atom stereocenters. The summed E-state index contributed by atoms with van der Waals surface area (Å²) in [7, 11) is 0. The molecule has 0 spiro atoms. The minimum atomic E-state index is 0. The van der Waals surface area contributed by atoms with E-state index < -0.39 is 0 Å². The van der Waals surface area contributed by atoms with E-state index in [0.717, 1.165) is 19.3 Å². The molecule has 0 aliphatic rings. The van der Waals surface area contributed by atoms with Gasteiger partial charge in [0.2, 0.25) is 0 Å². The number of nitrogens with one attached hydrogen (secondary N) is 1. The molecule has 0 aromatic carbocycles. The third-order valence-corrected chi connectivity index (χ3v) is 0.598. The summed E-state index contributed by atoms with van der Waals surface area (Å²) in [5.41, 5.74) is 0. The van der Waals surface area contributed by atoms with Gasteiger partial charge in [0.15, 0.2) is 0 Å². The molecule has 1 N–H and O–H groups in total. The van der Waals surface area contributed by atoms with Crippen LogP contribution in [0, 0.1) is 52.3 Å². The summed E-state index contributed by atoms with van der Waals surface area (Å²) in [6, 6.07) is 0. The van der Waals surface area contributed by atoms with Crippen molar-refractivity contribution in [3.63, 3.8) is 0 Å². The zero-order valence-electron chi connectivity index (χ0n) is 4.41. The maximum Gasteiger partial charge on any atom is 0 e. The van der Waals surface area contributed by atoms with E-state index in [1.54, 1.807) is 0 Å². The van der Waals surface area contributed by atoms with Gasteiger partial charge in [-0.1, -0.05) is 6.42 Å². The van der Waals surface area contributed by atoms with Crippen molar-refractivity contribution in [1.82, 2.24) is 0 Å². The van der Waals surface area contributed by atoms with E-state index in [0.29, 0.717) is 0 Å². The van der Waals surface area contributed by atoms with Gasteiger partial charge in [-0.15, -0.1) is 0 Å². The van der Waals surface area contributed by atoms with E-state index in [2.05, 4.69) is 6.92 Å². The van der Waals surface area contributed by atoms with Crippen molar-refractivity contribution in [2.45, 2.75) is 19.3 Å². The first-order valence-corrected chi connectivity index (χ1v) is 2.20. The molecule has 0 saturated carbocycles. The molecule has 0 heterocycles. The molecule has 0 saturated heterocycles. The smallest absolute Gasteiger partial charge is 0 e. The first kappa shape index (κ1) is 10.9. The number of hydrogen-bond donors (Lipinski definition) is 1. The zero-order valence-corrected chi connectivity index (χ0v) is 8.52. The SMILES string of the molecule is [CH2-]CCCC=N.[Th]. The van der Waals surface area contributed by atoms with Gasteiger partial charge in [0.25, 0.3) is 0 Å². The largest absolute Gasteiger partial charge is 0.343 e. The molecular weight excluding hydrogens is 306 g/mol. The van der Waals surface area contributed by atoms with Crippen LogP contribution in [0.3, 0.4) is 0 Å². The fourth-order valence-corrected chi connectivity index (χ4v) is 0.246. The number of hydrogen-bond acceptors (Lipinski definition) is 1. The number of rotatable bonds is 3. The maximum atomic E-state index is 6.55. The monoisotopic (exact) mass is 316 g/mol.